The van der Waals surface area contributed by atoms with E-state index in [1.807, 2.05) is 37.4 Å². The number of hydrogen-bond acceptors (Lipinski definition) is 8. The summed E-state index contributed by atoms with van der Waals surface area (Å²) in [6.45, 7) is 2.42. The van der Waals surface area contributed by atoms with E-state index in [1.165, 1.54) is 27.6 Å². The second kappa shape index (κ2) is 14.2. The third-order valence-electron chi connectivity index (χ3n) is 9.27. The number of rotatable bonds is 10. The summed E-state index contributed by atoms with van der Waals surface area (Å²) in [4.78, 5) is 49.5. The molecule has 7 rings (SSSR count). The average molecular weight is 682 g/mol. The minimum absolute atomic E-state index is 0.00481. The number of fused-ring (bicyclic) bond motifs is 2. The highest BCUT2D eigenvalue weighted by Crippen LogP contribution is 2.29. The largest absolute Gasteiger partial charge is 0.348 e. The lowest BCUT2D eigenvalue weighted by molar-refractivity contribution is 0.0492. The molecule has 1 fully saturated rings. The van der Waals surface area contributed by atoms with Crippen LogP contribution in [0.4, 0.5) is 8.87 Å². The third kappa shape index (κ3) is 6.71. The normalized spacial score (nSPS) is 17.2. The number of pyridine rings is 1. The smallest absolute Gasteiger partial charge is 0.337 e. The lowest BCUT2D eigenvalue weighted by atomic mass is 9.90. The van der Waals surface area contributed by atoms with Crippen molar-refractivity contribution in [3.05, 3.63) is 117 Å². The molecule has 1 aliphatic carbocycles. The van der Waals surface area contributed by atoms with Gasteiger partial charge in [0.15, 0.2) is 5.65 Å². The molecule has 5 aromatic rings. The molecular weight excluding hydrogens is 644 g/mol. The second-order valence-corrected chi connectivity index (χ2v) is 12.6. The zero-order valence-electron chi connectivity index (χ0n) is 27.5. The Morgan fingerprint density at radius 2 is 1.80 bits per heavy atom. The van der Waals surface area contributed by atoms with Crippen LogP contribution in [-0.4, -0.2) is 60.9 Å². The molecule has 1 amide bonds. The highest BCUT2D eigenvalue weighted by Gasteiger charge is 2.29. The Morgan fingerprint density at radius 3 is 2.58 bits per heavy atom. The predicted molar refractivity (Wildman–Crippen MR) is 186 cm³/mol. The molecule has 3 N–H and O–H groups in total. The molecule has 2 aromatic carbocycles. The van der Waals surface area contributed by atoms with Crippen LogP contribution in [0.15, 0.2) is 82.8 Å². The third-order valence-corrected chi connectivity index (χ3v) is 9.27. The Balaban J connectivity index is 1.13. The predicted octanol–water partition coefficient (Wildman–Crippen LogP) is 3.90. The van der Waals surface area contributed by atoms with E-state index < -0.39 is 23.1 Å². The van der Waals surface area contributed by atoms with Crippen LogP contribution in [0.5, 0.6) is 0 Å². The lowest BCUT2D eigenvalue weighted by Crippen LogP contribution is -2.45. The van der Waals surface area contributed by atoms with Crippen molar-refractivity contribution in [3.63, 3.8) is 0 Å². The fourth-order valence-electron chi connectivity index (χ4n) is 6.69. The van der Waals surface area contributed by atoms with Crippen LogP contribution in [0.3, 0.4) is 0 Å². The number of nitrogens with zero attached hydrogens (tertiary/aromatic N) is 6. The molecule has 1 aliphatic heterocycles. The lowest BCUT2D eigenvalue weighted by Gasteiger charge is -2.30. The Bertz CT molecular complexity index is 2180. The molecule has 258 valence electrons. The van der Waals surface area contributed by atoms with Crippen molar-refractivity contribution >= 4 is 23.0 Å². The van der Waals surface area contributed by atoms with Crippen molar-refractivity contribution in [1.82, 2.24) is 44.7 Å². The number of amides is 1. The molecule has 0 atom stereocenters. The van der Waals surface area contributed by atoms with Crippen LogP contribution in [-0.2, 0) is 13.2 Å². The van der Waals surface area contributed by atoms with Gasteiger partial charge in [-0.1, -0.05) is 40.9 Å². The first-order valence-corrected chi connectivity index (χ1v) is 16.7. The van der Waals surface area contributed by atoms with E-state index in [4.69, 9.17) is 0 Å². The maximum Gasteiger partial charge on any atom is 0.337 e. The Hall–Kier alpha value is -5.47. The summed E-state index contributed by atoms with van der Waals surface area (Å²) < 4.78 is 32.2. The van der Waals surface area contributed by atoms with Crippen LogP contribution in [0.25, 0.3) is 33.9 Å². The fourth-order valence-corrected chi connectivity index (χ4v) is 6.69. The van der Waals surface area contributed by atoms with Crippen molar-refractivity contribution in [2.24, 2.45) is 0 Å². The van der Waals surface area contributed by atoms with Gasteiger partial charge in [-0.05, 0) is 73.7 Å². The van der Waals surface area contributed by atoms with Gasteiger partial charge in [-0.15, -0.1) is 0 Å². The van der Waals surface area contributed by atoms with Gasteiger partial charge in [0.1, 0.15) is 24.0 Å². The van der Waals surface area contributed by atoms with Crippen molar-refractivity contribution in [3.8, 4) is 16.8 Å². The molecule has 12 nitrogen and oxygen atoms in total. The summed E-state index contributed by atoms with van der Waals surface area (Å²) in [7, 11) is 1.91. The van der Waals surface area contributed by atoms with E-state index in [0.717, 1.165) is 48.6 Å². The number of likely N-dealkylation sites (N-methyl/N-ethyl adjacent to an activating group) is 1. The molecule has 0 bridgehead atoms. The monoisotopic (exact) mass is 681 g/mol. The topological polar surface area (TPSA) is 131 Å². The van der Waals surface area contributed by atoms with Crippen LogP contribution < -0.4 is 27.2 Å². The molecule has 4 heterocycles. The van der Waals surface area contributed by atoms with Gasteiger partial charge in [0, 0.05) is 44.1 Å². The number of carbonyl (C=O) groups excluding carboxylic acids is 1. The second-order valence-electron chi connectivity index (χ2n) is 12.6. The molecule has 0 saturated heterocycles. The number of carbonyl (C=O) groups is 1. The highest BCUT2D eigenvalue weighted by atomic mass is 19.2. The quantitative estimate of drug-likeness (QED) is 0.150. The van der Waals surface area contributed by atoms with Gasteiger partial charge in [0.25, 0.3) is 11.5 Å². The number of aromatic nitrogens is 5. The molecule has 50 heavy (non-hydrogen) atoms. The molecular formula is C36H37F2N9O3. The highest BCUT2D eigenvalue weighted by molar-refractivity contribution is 5.92. The van der Waals surface area contributed by atoms with Crippen LogP contribution in [0.2, 0.25) is 0 Å². The average Bonchev–Trinajstić information content (AvgIpc) is 3.55. The van der Waals surface area contributed by atoms with E-state index in [1.54, 1.807) is 10.6 Å². The Kier molecular flexibility index (Phi) is 9.37. The van der Waals surface area contributed by atoms with Crippen molar-refractivity contribution in [2.75, 3.05) is 20.1 Å². The van der Waals surface area contributed by atoms with Crippen LogP contribution in [0, 0.1) is 5.82 Å². The summed E-state index contributed by atoms with van der Waals surface area (Å²) in [5.74, 6) is -0.572. The summed E-state index contributed by atoms with van der Waals surface area (Å²) in [5, 5.41) is 9.98. The number of hydrogen-bond donors (Lipinski definition) is 3. The number of imidazole rings is 1. The van der Waals surface area contributed by atoms with Crippen LogP contribution >= 0.6 is 0 Å². The summed E-state index contributed by atoms with van der Waals surface area (Å²) in [6.07, 6.45) is 7.12. The van der Waals surface area contributed by atoms with E-state index in [9.17, 15) is 23.3 Å². The molecule has 0 unspecified atom stereocenters. The van der Waals surface area contributed by atoms with Gasteiger partial charge < -0.3 is 20.5 Å². The summed E-state index contributed by atoms with van der Waals surface area (Å²) in [5.41, 5.74) is 2.55. The minimum Gasteiger partial charge on any atom is -0.348 e. The molecule has 0 radical (unpaired) electrons. The first-order valence-electron chi connectivity index (χ1n) is 16.7. The summed E-state index contributed by atoms with van der Waals surface area (Å²) in [6, 6.07) is 16.0. The van der Waals surface area contributed by atoms with Crippen molar-refractivity contribution in [1.29, 1.82) is 0 Å². The number of benzene rings is 2. The summed E-state index contributed by atoms with van der Waals surface area (Å²) >= 11 is 0. The van der Waals surface area contributed by atoms with Gasteiger partial charge in [-0.3, -0.25) is 14.2 Å². The molecule has 2 aliphatic rings. The molecule has 0 spiro atoms. The van der Waals surface area contributed by atoms with Gasteiger partial charge >= 0.3 is 5.69 Å². The van der Waals surface area contributed by atoms with Gasteiger partial charge in [-0.25, -0.2) is 23.7 Å². The maximum absolute atomic E-state index is 14.5. The minimum atomic E-state index is -0.678. The zero-order valence-corrected chi connectivity index (χ0v) is 27.5. The first kappa shape index (κ1) is 33.0. The fraction of sp³-hybridized carbons (Fsp3) is 0.306. The van der Waals surface area contributed by atoms with E-state index >= 15 is 0 Å². The Morgan fingerprint density at radius 1 is 1.00 bits per heavy atom. The number of nitrogens with one attached hydrogen (secondary N) is 3. The molecule has 3 aromatic heterocycles. The van der Waals surface area contributed by atoms with E-state index in [2.05, 4.69) is 38.1 Å². The molecule has 14 heteroatoms. The van der Waals surface area contributed by atoms with Crippen molar-refractivity contribution < 1.29 is 13.7 Å². The van der Waals surface area contributed by atoms with Gasteiger partial charge in [0.2, 0.25) is 0 Å². The van der Waals surface area contributed by atoms with Gasteiger partial charge in [-0.2, -0.15) is 5.12 Å². The maximum atomic E-state index is 14.5. The Labute approximate surface area is 286 Å². The van der Waals surface area contributed by atoms with E-state index in [0.29, 0.717) is 42.3 Å². The van der Waals surface area contributed by atoms with Crippen LogP contribution in [0.1, 0.15) is 53.6 Å². The zero-order chi connectivity index (χ0) is 34.8. The van der Waals surface area contributed by atoms with E-state index in [-0.39, 0.29) is 35.3 Å². The number of halogens is 2. The van der Waals surface area contributed by atoms with Gasteiger partial charge in [0.05, 0.1) is 17.3 Å². The standard InChI is InChI=1S/C36H37F2N9O3/c1-39-14-15-40-19-23-5-7-24(8-6-23)25-3-2-4-29(17-25)46-33-30(18-26(37)20-41-33)35(49)47(36(46)50)28-11-9-27(10-12-28)42-34(48)31-21-44-22-45(38)16-13-32(44)43-31/h2-8,13,16-18,20-21,27-28,39-40H,9-12,14-15,19,22H2,1H3,(H,42,48). The molecule has 1 saturated carbocycles. The first-order chi connectivity index (χ1) is 24.3. The SMILES string of the molecule is CNCCNCc1ccc(-c2cccc(-n3c(=O)n(C4CCC(NC(=O)c5cn6c(n5)C=CN(F)C6)CC4)c(=O)c4cc(F)cnc43)c2)cc1. The van der Waals surface area contributed by atoms with Crippen molar-refractivity contribution in [2.45, 2.75) is 51.0 Å².